The number of hydrogen-bond acceptors (Lipinski definition) is 4. The van der Waals surface area contributed by atoms with Crippen molar-refractivity contribution in [3.8, 4) is 11.3 Å². The third-order valence-electron chi connectivity index (χ3n) is 5.72. The number of aryl methyl sites for hydroxylation is 1. The van der Waals surface area contributed by atoms with Crippen LogP contribution in [0.1, 0.15) is 37.9 Å². The Morgan fingerprint density at radius 2 is 1.71 bits per heavy atom. The van der Waals surface area contributed by atoms with Crippen LogP contribution in [0.4, 0.5) is 5.82 Å². The monoisotopic (exact) mass is 395 g/mol. The summed E-state index contributed by atoms with van der Waals surface area (Å²) in [5.41, 5.74) is 2.12. The first-order valence-corrected chi connectivity index (χ1v) is 10.8. The topological polar surface area (TPSA) is 44.3 Å². The Morgan fingerprint density at radius 3 is 2.43 bits per heavy atom. The molecule has 2 fully saturated rings. The van der Waals surface area contributed by atoms with Crippen molar-refractivity contribution in [3.63, 3.8) is 0 Å². The number of rotatable bonds is 3. The number of aromatic nitrogens is 2. The molecule has 1 saturated heterocycles. The zero-order chi connectivity index (χ0) is 19.3. The lowest BCUT2D eigenvalue weighted by Gasteiger charge is -2.38. The minimum Gasteiger partial charge on any atom is -0.360 e. The maximum absolute atomic E-state index is 5.69. The normalized spacial score (nSPS) is 18.2. The Hall–Kier alpha value is -2.21. The first kappa shape index (κ1) is 19.1. The molecular weight excluding hydrogens is 366 g/mol. The number of benzene rings is 1. The first-order valence-electron chi connectivity index (χ1n) is 10.4. The van der Waals surface area contributed by atoms with Gasteiger partial charge in [-0.2, -0.15) is 0 Å². The Bertz CT molecular complexity index is 796. The fourth-order valence-corrected chi connectivity index (χ4v) is 4.47. The summed E-state index contributed by atoms with van der Waals surface area (Å²) in [6.07, 6.45) is 6.52. The molecule has 0 unspecified atom stereocenters. The maximum atomic E-state index is 5.69. The molecule has 0 spiro atoms. The van der Waals surface area contributed by atoms with Crippen LogP contribution in [-0.4, -0.2) is 52.2 Å². The van der Waals surface area contributed by atoms with Gasteiger partial charge in [0.25, 0.3) is 0 Å². The molecule has 4 rings (SSSR count). The van der Waals surface area contributed by atoms with Crippen LogP contribution in [0.2, 0.25) is 0 Å². The molecular formula is C22H29N5S. The standard InChI is InChI=1S/C22H29N5S/c1-17-23-20(18-8-4-2-5-9-18)16-21(24-17)26-12-14-27(15-13-26)22(28)25-19-10-6-3-7-11-19/h2,4-5,8-9,16,19H,3,6-7,10-15H2,1H3,(H,25,28). The molecule has 1 aliphatic heterocycles. The number of hydrogen-bond donors (Lipinski definition) is 1. The van der Waals surface area contributed by atoms with Gasteiger partial charge in [-0.3, -0.25) is 0 Å². The zero-order valence-corrected chi connectivity index (χ0v) is 17.4. The second kappa shape index (κ2) is 8.86. The van der Waals surface area contributed by atoms with Crippen LogP contribution in [0.3, 0.4) is 0 Å². The molecule has 1 aromatic heterocycles. The van der Waals surface area contributed by atoms with E-state index in [-0.39, 0.29) is 0 Å². The summed E-state index contributed by atoms with van der Waals surface area (Å²) < 4.78 is 0. The van der Waals surface area contributed by atoms with E-state index in [1.807, 2.05) is 25.1 Å². The molecule has 1 aliphatic carbocycles. The van der Waals surface area contributed by atoms with E-state index in [4.69, 9.17) is 17.2 Å². The van der Waals surface area contributed by atoms with Gasteiger partial charge in [-0.05, 0) is 32.0 Å². The van der Waals surface area contributed by atoms with E-state index >= 15 is 0 Å². The Kier molecular flexibility index (Phi) is 6.05. The highest BCUT2D eigenvalue weighted by Gasteiger charge is 2.23. The zero-order valence-electron chi connectivity index (χ0n) is 16.6. The van der Waals surface area contributed by atoms with Gasteiger partial charge in [-0.1, -0.05) is 49.6 Å². The molecule has 1 aromatic carbocycles. The van der Waals surface area contributed by atoms with Gasteiger partial charge in [0.05, 0.1) is 5.69 Å². The SMILES string of the molecule is Cc1nc(-c2ccccc2)cc(N2CCN(C(=S)NC3CCCCC3)CC2)n1. The molecule has 0 bridgehead atoms. The number of thiocarbonyl (C=S) groups is 1. The van der Waals surface area contributed by atoms with Crippen LogP contribution < -0.4 is 10.2 Å². The van der Waals surface area contributed by atoms with Crippen LogP contribution >= 0.6 is 12.2 Å². The molecule has 2 aliphatic rings. The van der Waals surface area contributed by atoms with Crippen molar-refractivity contribution >= 4 is 23.1 Å². The molecule has 2 aromatic rings. The molecule has 5 nitrogen and oxygen atoms in total. The minimum absolute atomic E-state index is 0.567. The lowest BCUT2D eigenvalue weighted by molar-refractivity contribution is 0.354. The summed E-state index contributed by atoms with van der Waals surface area (Å²) in [6.45, 7) is 5.69. The molecule has 6 heteroatoms. The van der Waals surface area contributed by atoms with E-state index in [2.05, 4.69) is 38.3 Å². The number of piperazine rings is 1. The first-order chi connectivity index (χ1) is 13.7. The van der Waals surface area contributed by atoms with Gasteiger partial charge in [0.15, 0.2) is 5.11 Å². The molecule has 28 heavy (non-hydrogen) atoms. The quantitative estimate of drug-likeness (QED) is 0.798. The Labute approximate surface area is 173 Å². The molecule has 148 valence electrons. The second-order valence-electron chi connectivity index (χ2n) is 7.78. The fraction of sp³-hybridized carbons (Fsp3) is 0.500. The van der Waals surface area contributed by atoms with Gasteiger partial charge in [0.1, 0.15) is 11.6 Å². The van der Waals surface area contributed by atoms with Crippen LogP contribution in [0.5, 0.6) is 0 Å². The largest absolute Gasteiger partial charge is 0.360 e. The molecule has 1 saturated carbocycles. The van der Waals surface area contributed by atoms with Crippen LogP contribution in [-0.2, 0) is 0 Å². The summed E-state index contributed by atoms with van der Waals surface area (Å²) in [5, 5.41) is 4.52. The smallest absolute Gasteiger partial charge is 0.169 e. The summed E-state index contributed by atoms with van der Waals surface area (Å²) in [5.74, 6) is 1.82. The van der Waals surface area contributed by atoms with Crippen molar-refractivity contribution in [3.05, 3.63) is 42.2 Å². The maximum Gasteiger partial charge on any atom is 0.169 e. The van der Waals surface area contributed by atoms with Gasteiger partial charge < -0.3 is 15.1 Å². The molecule has 0 atom stereocenters. The van der Waals surface area contributed by atoms with Crippen molar-refractivity contribution in [2.24, 2.45) is 0 Å². The third kappa shape index (κ3) is 4.61. The lowest BCUT2D eigenvalue weighted by atomic mass is 9.96. The van der Waals surface area contributed by atoms with Gasteiger partial charge in [0.2, 0.25) is 0 Å². The van der Waals surface area contributed by atoms with Crippen molar-refractivity contribution < 1.29 is 0 Å². The predicted molar refractivity (Wildman–Crippen MR) is 119 cm³/mol. The molecule has 0 radical (unpaired) electrons. The highest BCUT2D eigenvalue weighted by molar-refractivity contribution is 7.80. The summed E-state index contributed by atoms with van der Waals surface area (Å²) >= 11 is 5.69. The lowest BCUT2D eigenvalue weighted by Crippen LogP contribution is -2.53. The van der Waals surface area contributed by atoms with Crippen LogP contribution in [0, 0.1) is 6.92 Å². The summed E-state index contributed by atoms with van der Waals surface area (Å²) in [4.78, 5) is 14.0. The van der Waals surface area contributed by atoms with Crippen molar-refractivity contribution in [1.82, 2.24) is 20.2 Å². The predicted octanol–water partition coefficient (Wildman–Crippen LogP) is 3.78. The van der Waals surface area contributed by atoms with E-state index < -0.39 is 0 Å². The fourth-order valence-electron chi connectivity index (χ4n) is 4.12. The van der Waals surface area contributed by atoms with Crippen LogP contribution in [0.25, 0.3) is 11.3 Å². The van der Waals surface area contributed by atoms with Crippen molar-refractivity contribution in [2.75, 3.05) is 31.1 Å². The van der Waals surface area contributed by atoms with Gasteiger partial charge in [0, 0.05) is 43.9 Å². The van der Waals surface area contributed by atoms with E-state index in [1.165, 1.54) is 32.1 Å². The van der Waals surface area contributed by atoms with Gasteiger partial charge in [-0.25, -0.2) is 9.97 Å². The van der Waals surface area contributed by atoms with Gasteiger partial charge in [-0.15, -0.1) is 0 Å². The number of nitrogens with zero attached hydrogens (tertiary/aromatic N) is 4. The summed E-state index contributed by atoms with van der Waals surface area (Å²) in [7, 11) is 0. The molecule has 0 amide bonds. The number of nitrogens with one attached hydrogen (secondary N) is 1. The average Bonchev–Trinajstić information content (AvgIpc) is 2.75. The second-order valence-corrected chi connectivity index (χ2v) is 8.17. The Balaban J connectivity index is 1.38. The molecule has 1 N–H and O–H groups in total. The number of anilines is 1. The van der Waals surface area contributed by atoms with Crippen molar-refractivity contribution in [1.29, 1.82) is 0 Å². The highest BCUT2D eigenvalue weighted by Crippen LogP contribution is 2.23. The van der Waals surface area contributed by atoms with Crippen LogP contribution in [0.15, 0.2) is 36.4 Å². The molecule has 2 heterocycles. The van der Waals surface area contributed by atoms with Crippen molar-refractivity contribution in [2.45, 2.75) is 45.1 Å². The van der Waals surface area contributed by atoms with E-state index in [0.29, 0.717) is 6.04 Å². The minimum atomic E-state index is 0.567. The summed E-state index contributed by atoms with van der Waals surface area (Å²) in [6, 6.07) is 13.0. The van der Waals surface area contributed by atoms with E-state index in [9.17, 15) is 0 Å². The third-order valence-corrected chi connectivity index (χ3v) is 6.09. The Morgan fingerprint density at radius 1 is 1.00 bits per heavy atom. The highest BCUT2D eigenvalue weighted by atomic mass is 32.1. The van der Waals surface area contributed by atoms with E-state index in [1.54, 1.807) is 0 Å². The van der Waals surface area contributed by atoms with Gasteiger partial charge >= 0.3 is 0 Å². The average molecular weight is 396 g/mol. The van der Waals surface area contributed by atoms with E-state index in [0.717, 1.165) is 54.2 Å².